The van der Waals surface area contributed by atoms with Crippen molar-refractivity contribution in [1.82, 2.24) is 10.6 Å². The summed E-state index contributed by atoms with van der Waals surface area (Å²) in [6.45, 7) is 4.51. The van der Waals surface area contributed by atoms with E-state index in [9.17, 15) is 14.4 Å². The third-order valence-electron chi connectivity index (χ3n) is 4.76. The number of benzene rings is 1. The SMILES string of the molecule is CCOC(=O)C1=C(COC(=O)c2ccc(OC[C@@H]3CCCO3)cc2)NC(=O)N[C@H]1C. The van der Waals surface area contributed by atoms with Crippen LogP contribution in [-0.4, -0.2) is 56.5 Å². The van der Waals surface area contributed by atoms with E-state index < -0.39 is 24.0 Å². The van der Waals surface area contributed by atoms with Crippen LogP contribution in [0.3, 0.4) is 0 Å². The first-order valence-corrected chi connectivity index (χ1v) is 9.97. The second-order valence-electron chi connectivity index (χ2n) is 6.98. The molecule has 2 heterocycles. The second-order valence-corrected chi connectivity index (χ2v) is 6.98. The quantitative estimate of drug-likeness (QED) is 0.620. The van der Waals surface area contributed by atoms with Gasteiger partial charge in [-0.25, -0.2) is 14.4 Å². The van der Waals surface area contributed by atoms with Crippen LogP contribution >= 0.6 is 0 Å². The Bertz CT molecular complexity index is 813. The molecule has 1 saturated heterocycles. The number of carbonyl (C=O) groups is 3. The van der Waals surface area contributed by atoms with E-state index in [-0.39, 0.29) is 30.6 Å². The number of hydrogen-bond acceptors (Lipinski definition) is 7. The van der Waals surface area contributed by atoms with Crippen molar-refractivity contribution < 1.29 is 33.3 Å². The fourth-order valence-electron chi connectivity index (χ4n) is 3.27. The first-order chi connectivity index (χ1) is 14.5. The summed E-state index contributed by atoms with van der Waals surface area (Å²) in [6.07, 6.45) is 2.14. The van der Waals surface area contributed by atoms with E-state index in [1.165, 1.54) is 0 Å². The van der Waals surface area contributed by atoms with Gasteiger partial charge >= 0.3 is 18.0 Å². The summed E-state index contributed by atoms with van der Waals surface area (Å²) < 4.78 is 21.5. The van der Waals surface area contributed by atoms with Crippen molar-refractivity contribution >= 4 is 18.0 Å². The zero-order valence-corrected chi connectivity index (χ0v) is 17.1. The third kappa shape index (κ3) is 5.50. The van der Waals surface area contributed by atoms with E-state index in [2.05, 4.69) is 10.6 Å². The van der Waals surface area contributed by atoms with E-state index in [0.29, 0.717) is 17.9 Å². The third-order valence-corrected chi connectivity index (χ3v) is 4.76. The number of urea groups is 1. The van der Waals surface area contributed by atoms with Gasteiger partial charge in [0.25, 0.3) is 0 Å². The van der Waals surface area contributed by atoms with Crippen molar-refractivity contribution in [1.29, 1.82) is 0 Å². The Morgan fingerprint density at radius 2 is 1.93 bits per heavy atom. The van der Waals surface area contributed by atoms with Gasteiger partial charge in [-0.1, -0.05) is 0 Å². The van der Waals surface area contributed by atoms with Crippen molar-refractivity contribution in [3.05, 3.63) is 41.1 Å². The lowest BCUT2D eigenvalue weighted by Crippen LogP contribution is -2.50. The van der Waals surface area contributed by atoms with Crippen LogP contribution in [0.25, 0.3) is 0 Å². The van der Waals surface area contributed by atoms with Gasteiger partial charge in [-0.2, -0.15) is 0 Å². The van der Waals surface area contributed by atoms with E-state index >= 15 is 0 Å². The highest BCUT2D eigenvalue weighted by Crippen LogP contribution is 2.18. The van der Waals surface area contributed by atoms with Gasteiger partial charge < -0.3 is 29.6 Å². The summed E-state index contributed by atoms with van der Waals surface area (Å²) in [5, 5.41) is 5.10. The minimum atomic E-state index is -0.586. The van der Waals surface area contributed by atoms with Crippen molar-refractivity contribution in [2.45, 2.75) is 38.8 Å². The second kappa shape index (κ2) is 10.1. The van der Waals surface area contributed by atoms with E-state index in [1.807, 2.05) is 0 Å². The highest BCUT2D eigenvalue weighted by molar-refractivity contribution is 5.95. The molecule has 2 aliphatic rings. The van der Waals surface area contributed by atoms with Crippen molar-refractivity contribution in [2.75, 3.05) is 26.4 Å². The molecule has 2 amide bonds. The molecule has 0 unspecified atom stereocenters. The van der Waals surface area contributed by atoms with Crippen molar-refractivity contribution in [2.24, 2.45) is 0 Å². The van der Waals surface area contributed by atoms with Gasteiger partial charge in [-0.15, -0.1) is 0 Å². The molecule has 2 N–H and O–H groups in total. The van der Waals surface area contributed by atoms with Crippen LogP contribution in [0.15, 0.2) is 35.5 Å². The summed E-state index contributed by atoms with van der Waals surface area (Å²) in [7, 11) is 0. The van der Waals surface area contributed by atoms with Gasteiger partial charge in [0.15, 0.2) is 0 Å². The maximum absolute atomic E-state index is 12.4. The predicted molar refractivity (Wildman–Crippen MR) is 106 cm³/mol. The molecule has 0 aliphatic carbocycles. The minimum Gasteiger partial charge on any atom is -0.491 e. The highest BCUT2D eigenvalue weighted by atomic mass is 16.5. The molecule has 3 rings (SSSR count). The summed E-state index contributed by atoms with van der Waals surface area (Å²) in [6, 6.07) is 5.52. The lowest BCUT2D eigenvalue weighted by atomic mass is 10.0. The molecule has 2 aliphatic heterocycles. The fourth-order valence-corrected chi connectivity index (χ4v) is 3.27. The normalized spacial score (nSPS) is 20.9. The zero-order chi connectivity index (χ0) is 21.5. The van der Waals surface area contributed by atoms with Crippen LogP contribution in [0.4, 0.5) is 4.79 Å². The lowest BCUT2D eigenvalue weighted by molar-refractivity contribution is -0.139. The lowest BCUT2D eigenvalue weighted by Gasteiger charge is -2.26. The summed E-state index contributed by atoms with van der Waals surface area (Å²) in [5.41, 5.74) is 0.753. The van der Waals surface area contributed by atoms with Crippen LogP contribution in [0.2, 0.25) is 0 Å². The standard InChI is InChI=1S/C21H26N2O7/c1-3-27-20(25)18-13(2)22-21(26)23-17(18)12-30-19(24)14-6-8-15(9-7-14)29-11-16-5-4-10-28-16/h6-9,13,16H,3-5,10-12H2,1-2H3,(H2,22,23,26)/t13-,16-/m0/s1. The van der Waals surface area contributed by atoms with Gasteiger partial charge in [-0.3, -0.25) is 0 Å². The molecule has 9 heteroatoms. The largest absolute Gasteiger partial charge is 0.491 e. The number of ether oxygens (including phenoxy) is 4. The number of nitrogens with one attached hydrogen (secondary N) is 2. The molecule has 1 aromatic rings. The monoisotopic (exact) mass is 418 g/mol. The Kier molecular flexibility index (Phi) is 7.29. The smallest absolute Gasteiger partial charge is 0.338 e. The highest BCUT2D eigenvalue weighted by Gasteiger charge is 2.30. The molecule has 162 valence electrons. The molecule has 0 spiro atoms. The van der Waals surface area contributed by atoms with Crippen LogP contribution < -0.4 is 15.4 Å². The summed E-state index contributed by atoms with van der Waals surface area (Å²) >= 11 is 0. The van der Waals surface area contributed by atoms with Crippen LogP contribution in [0.5, 0.6) is 5.75 Å². The summed E-state index contributed by atoms with van der Waals surface area (Å²) in [4.78, 5) is 36.3. The topological polar surface area (TPSA) is 112 Å². The number of hydrogen-bond donors (Lipinski definition) is 2. The van der Waals surface area contributed by atoms with Gasteiger partial charge in [-0.05, 0) is 51.0 Å². The molecule has 30 heavy (non-hydrogen) atoms. The molecule has 0 saturated carbocycles. The van der Waals surface area contributed by atoms with Crippen molar-refractivity contribution in [3.63, 3.8) is 0 Å². The molecule has 1 fully saturated rings. The molecule has 0 radical (unpaired) electrons. The molecular weight excluding hydrogens is 392 g/mol. The predicted octanol–water partition coefficient (Wildman–Crippen LogP) is 1.92. The molecule has 0 bridgehead atoms. The molecule has 9 nitrogen and oxygen atoms in total. The van der Waals surface area contributed by atoms with Gasteiger partial charge in [0.1, 0.15) is 19.0 Å². The van der Waals surface area contributed by atoms with E-state index in [0.717, 1.165) is 19.4 Å². The maximum atomic E-state index is 12.4. The van der Waals surface area contributed by atoms with E-state index in [4.69, 9.17) is 18.9 Å². The van der Waals surface area contributed by atoms with Gasteiger partial charge in [0, 0.05) is 6.61 Å². The minimum absolute atomic E-state index is 0.110. The number of carbonyl (C=O) groups excluding carboxylic acids is 3. The van der Waals surface area contributed by atoms with Crippen LogP contribution in [-0.2, 0) is 19.0 Å². The Labute approximate surface area is 174 Å². The fraction of sp³-hybridized carbons (Fsp3) is 0.476. The first kappa shape index (κ1) is 21.6. The summed E-state index contributed by atoms with van der Waals surface area (Å²) in [5.74, 6) is -0.526. The Hall–Kier alpha value is -3.07. The van der Waals surface area contributed by atoms with E-state index in [1.54, 1.807) is 38.1 Å². The van der Waals surface area contributed by atoms with Crippen LogP contribution in [0.1, 0.15) is 37.0 Å². The Morgan fingerprint density at radius 3 is 2.60 bits per heavy atom. The number of rotatable bonds is 8. The number of esters is 2. The first-order valence-electron chi connectivity index (χ1n) is 9.97. The van der Waals surface area contributed by atoms with Crippen molar-refractivity contribution in [3.8, 4) is 5.75 Å². The maximum Gasteiger partial charge on any atom is 0.338 e. The molecule has 2 atom stereocenters. The van der Waals surface area contributed by atoms with Gasteiger partial charge in [0.05, 0.1) is 35.6 Å². The zero-order valence-electron chi connectivity index (χ0n) is 17.1. The van der Waals surface area contributed by atoms with Crippen LogP contribution in [0, 0.1) is 0 Å². The average molecular weight is 418 g/mol. The average Bonchev–Trinajstić information content (AvgIpc) is 3.24. The molecular formula is C21H26N2O7. The molecule has 1 aromatic carbocycles. The van der Waals surface area contributed by atoms with Gasteiger partial charge in [0.2, 0.25) is 0 Å². The Morgan fingerprint density at radius 1 is 1.17 bits per heavy atom. The number of amides is 2. The molecule has 0 aromatic heterocycles. The Balaban J connectivity index is 1.59.